The molecule has 1 aromatic carbocycles. The van der Waals surface area contributed by atoms with Crippen LogP contribution in [0.3, 0.4) is 0 Å². The molecule has 0 atom stereocenters. The Morgan fingerprint density at radius 1 is 1.32 bits per heavy atom. The molecule has 122 valence electrons. The van der Waals surface area contributed by atoms with Crippen LogP contribution < -0.4 is 20.5 Å². The Morgan fingerprint density at radius 2 is 2.05 bits per heavy atom. The first-order chi connectivity index (χ1) is 10.2. The molecule has 1 heterocycles. The second-order valence-corrected chi connectivity index (χ2v) is 6.70. The van der Waals surface area contributed by atoms with Crippen LogP contribution in [-0.2, 0) is 0 Å². The molecule has 7 heteroatoms. The van der Waals surface area contributed by atoms with Gasteiger partial charge in [0.05, 0.1) is 19.8 Å². The van der Waals surface area contributed by atoms with Gasteiger partial charge in [0, 0.05) is 22.9 Å². The summed E-state index contributed by atoms with van der Waals surface area (Å²) in [6, 6.07) is 5.74. The summed E-state index contributed by atoms with van der Waals surface area (Å²) in [5.41, 5.74) is 6.83. The number of nitrogens with zero attached hydrogens (tertiary/aromatic N) is 1. The molecule has 3 N–H and O–H groups in total. The Kier molecular flexibility index (Phi) is 6.08. The van der Waals surface area contributed by atoms with Crippen molar-refractivity contribution in [3.8, 4) is 11.5 Å². The van der Waals surface area contributed by atoms with Crippen molar-refractivity contribution in [3.05, 3.63) is 18.2 Å². The highest BCUT2D eigenvalue weighted by Gasteiger charge is 2.41. The Bertz CT molecular complexity index is 550. The van der Waals surface area contributed by atoms with Crippen LogP contribution in [0.25, 0.3) is 0 Å². The summed E-state index contributed by atoms with van der Waals surface area (Å²) in [4.78, 5) is 4.45. The highest BCUT2D eigenvalue weighted by Crippen LogP contribution is 2.47. The Labute approximate surface area is 152 Å². The van der Waals surface area contributed by atoms with Crippen LogP contribution in [0.5, 0.6) is 11.5 Å². The van der Waals surface area contributed by atoms with E-state index in [2.05, 4.69) is 16.6 Å². The van der Waals surface area contributed by atoms with Gasteiger partial charge in [-0.1, -0.05) is 0 Å². The summed E-state index contributed by atoms with van der Waals surface area (Å²) >= 11 is 1.88. The Balaban J connectivity index is 0.00000176. The van der Waals surface area contributed by atoms with Crippen LogP contribution in [0, 0.1) is 0 Å². The first kappa shape index (κ1) is 17.5. The number of nitrogens with one attached hydrogen (secondary N) is 1. The number of thioether (sulfide) groups is 1. The van der Waals surface area contributed by atoms with Crippen molar-refractivity contribution < 1.29 is 9.47 Å². The van der Waals surface area contributed by atoms with Gasteiger partial charge in [-0.2, -0.15) is 11.8 Å². The Morgan fingerprint density at radius 3 is 2.73 bits per heavy atom. The minimum atomic E-state index is 0. The fraction of sp³-hybridized carbons (Fsp3) is 0.533. The minimum Gasteiger partial charge on any atom is -0.490 e. The topological polar surface area (TPSA) is 68.9 Å². The van der Waals surface area contributed by atoms with E-state index in [0.717, 1.165) is 30.2 Å². The van der Waals surface area contributed by atoms with Crippen molar-refractivity contribution in [2.75, 3.05) is 31.3 Å². The molecule has 1 aliphatic heterocycles. The van der Waals surface area contributed by atoms with Crippen molar-refractivity contribution in [3.63, 3.8) is 0 Å². The van der Waals surface area contributed by atoms with Gasteiger partial charge < -0.3 is 20.5 Å². The maximum Gasteiger partial charge on any atom is 0.193 e. The van der Waals surface area contributed by atoms with Crippen LogP contribution in [0.1, 0.15) is 19.3 Å². The number of aliphatic imine (C=N–C) groups is 1. The van der Waals surface area contributed by atoms with Crippen LogP contribution in [-0.4, -0.2) is 36.7 Å². The second kappa shape index (κ2) is 7.63. The number of guanidine groups is 1. The number of halogens is 1. The average Bonchev–Trinajstić information content (AvgIpc) is 3.29. The van der Waals surface area contributed by atoms with Crippen molar-refractivity contribution in [1.82, 2.24) is 0 Å². The molecule has 1 aliphatic carbocycles. The summed E-state index contributed by atoms with van der Waals surface area (Å²) in [5, 5.41) is 3.12. The number of fused-ring (bicyclic) bond motifs is 1. The number of anilines is 1. The van der Waals surface area contributed by atoms with Gasteiger partial charge in [-0.05, 0) is 31.2 Å². The van der Waals surface area contributed by atoms with Gasteiger partial charge in [-0.25, -0.2) is 0 Å². The van der Waals surface area contributed by atoms with E-state index in [4.69, 9.17) is 15.2 Å². The molecule has 1 aromatic rings. The third kappa shape index (κ3) is 4.34. The van der Waals surface area contributed by atoms with E-state index in [-0.39, 0.29) is 24.0 Å². The van der Waals surface area contributed by atoms with E-state index < -0.39 is 0 Å². The second-order valence-electron chi connectivity index (χ2n) is 5.43. The first-order valence-corrected chi connectivity index (χ1v) is 8.45. The molecule has 0 radical (unpaired) electrons. The monoisotopic (exact) mass is 435 g/mol. The zero-order valence-corrected chi connectivity index (χ0v) is 15.8. The fourth-order valence-electron chi connectivity index (χ4n) is 2.22. The van der Waals surface area contributed by atoms with Crippen molar-refractivity contribution in [2.45, 2.75) is 24.0 Å². The lowest BCUT2D eigenvalue weighted by Gasteiger charge is -2.12. The molecule has 2 aliphatic rings. The number of nitrogens with two attached hydrogens (primary N) is 1. The molecule has 0 aromatic heterocycles. The molecule has 0 saturated heterocycles. The van der Waals surface area contributed by atoms with E-state index in [1.165, 1.54) is 12.8 Å². The zero-order chi connectivity index (χ0) is 14.7. The molecule has 0 amide bonds. The lowest BCUT2D eigenvalue weighted by molar-refractivity contribution is 0.297. The molecule has 1 fully saturated rings. The Hall–Kier alpha value is -0.830. The quantitative estimate of drug-likeness (QED) is 0.432. The largest absolute Gasteiger partial charge is 0.490 e. The van der Waals surface area contributed by atoms with Gasteiger partial charge in [-0.15, -0.1) is 24.0 Å². The lowest BCUT2D eigenvalue weighted by Crippen LogP contribution is -2.24. The van der Waals surface area contributed by atoms with Crippen LogP contribution in [0.4, 0.5) is 5.69 Å². The molecule has 1 saturated carbocycles. The lowest BCUT2D eigenvalue weighted by atomic mass is 10.3. The number of hydrogen-bond donors (Lipinski definition) is 2. The molecule has 5 nitrogen and oxygen atoms in total. The smallest absolute Gasteiger partial charge is 0.193 e. The minimum absolute atomic E-state index is 0. The zero-order valence-electron chi connectivity index (χ0n) is 12.6. The van der Waals surface area contributed by atoms with Crippen molar-refractivity contribution in [2.24, 2.45) is 10.7 Å². The van der Waals surface area contributed by atoms with Crippen LogP contribution in [0.2, 0.25) is 0 Å². The molecule has 0 bridgehead atoms. The SMILES string of the molecule is CSC1(CN=C(N)Nc2ccc3c(c2)OCCCO3)CC1.I. The predicted octanol–water partition coefficient (Wildman–Crippen LogP) is 3.09. The van der Waals surface area contributed by atoms with Crippen molar-refractivity contribution in [1.29, 1.82) is 0 Å². The number of benzene rings is 1. The molecule has 3 rings (SSSR count). The number of ether oxygens (including phenoxy) is 2. The maximum atomic E-state index is 5.96. The van der Waals surface area contributed by atoms with Gasteiger partial charge in [0.25, 0.3) is 0 Å². The normalized spacial score (nSPS) is 18.9. The van der Waals surface area contributed by atoms with Crippen molar-refractivity contribution >= 4 is 47.4 Å². The van der Waals surface area contributed by atoms with E-state index in [1.54, 1.807) is 0 Å². The average molecular weight is 435 g/mol. The summed E-state index contributed by atoms with van der Waals surface area (Å²) in [6.45, 7) is 2.15. The molecular weight excluding hydrogens is 413 g/mol. The van der Waals surface area contributed by atoms with Gasteiger partial charge in [0.2, 0.25) is 0 Å². The summed E-state index contributed by atoms with van der Waals surface area (Å²) in [5.74, 6) is 1.99. The molecular formula is C15H22IN3O2S. The van der Waals surface area contributed by atoms with Gasteiger partial charge in [0.15, 0.2) is 17.5 Å². The van der Waals surface area contributed by atoms with Gasteiger partial charge in [-0.3, -0.25) is 4.99 Å². The molecule has 0 spiro atoms. The first-order valence-electron chi connectivity index (χ1n) is 7.23. The van der Waals surface area contributed by atoms with Gasteiger partial charge >= 0.3 is 0 Å². The molecule has 22 heavy (non-hydrogen) atoms. The van der Waals surface area contributed by atoms with E-state index in [9.17, 15) is 0 Å². The van der Waals surface area contributed by atoms with E-state index in [1.807, 2.05) is 30.0 Å². The third-order valence-corrected chi connectivity index (χ3v) is 5.20. The summed E-state index contributed by atoms with van der Waals surface area (Å²) in [6.07, 6.45) is 5.50. The maximum absolute atomic E-state index is 5.96. The summed E-state index contributed by atoms with van der Waals surface area (Å²) in [7, 11) is 0. The van der Waals surface area contributed by atoms with E-state index >= 15 is 0 Å². The van der Waals surface area contributed by atoms with Gasteiger partial charge in [0.1, 0.15) is 0 Å². The third-order valence-electron chi connectivity index (χ3n) is 3.80. The fourth-order valence-corrected chi connectivity index (χ4v) is 2.93. The number of rotatable bonds is 4. The summed E-state index contributed by atoms with van der Waals surface area (Å²) < 4.78 is 11.6. The van der Waals surface area contributed by atoms with Crippen LogP contribution >= 0.6 is 35.7 Å². The molecule has 0 unspecified atom stereocenters. The van der Waals surface area contributed by atoms with Crippen LogP contribution in [0.15, 0.2) is 23.2 Å². The number of hydrogen-bond acceptors (Lipinski definition) is 4. The standard InChI is InChI=1S/C15H21N3O2S.HI/c1-21-15(5-6-15)10-17-14(16)18-11-3-4-12-13(9-11)20-8-2-7-19-12;/h3-4,9H,2,5-8,10H2,1H3,(H3,16,17,18);1H. The highest BCUT2D eigenvalue weighted by atomic mass is 127. The highest BCUT2D eigenvalue weighted by molar-refractivity contribution is 14.0. The van der Waals surface area contributed by atoms with E-state index in [0.29, 0.717) is 23.9 Å². The predicted molar refractivity (Wildman–Crippen MR) is 103 cm³/mol.